The van der Waals surface area contributed by atoms with Crippen molar-refractivity contribution >= 4 is 0 Å². The topological polar surface area (TPSA) is 39.1 Å². The Morgan fingerprint density at radius 2 is 2.00 bits per heavy atom. The Labute approximate surface area is 99.8 Å². The van der Waals surface area contributed by atoms with Crippen LogP contribution in [0.3, 0.4) is 0 Å². The van der Waals surface area contributed by atoms with Crippen molar-refractivity contribution in [3.8, 4) is 6.07 Å². The van der Waals surface area contributed by atoms with E-state index in [1.54, 1.807) is 0 Å². The predicted octanol–water partition coefficient (Wildman–Crippen LogP) is 1.86. The lowest BCUT2D eigenvalue weighted by atomic mass is 9.77. The van der Waals surface area contributed by atoms with E-state index in [-0.39, 0.29) is 5.41 Å². The number of nitriles is 1. The molecule has 0 radical (unpaired) electrons. The monoisotopic (exact) mass is 223 g/mol. The Balaban J connectivity index is 2.49. The van der Waals surface area contributed by atoms with Crippen LogP contribution in [0.25, 0.3) is 0 Å². The molecule has 16 heavy (non-hydrogen) atoms. The molecular weight excluding hydrogens is 198 g/mol. The number of nitrogens with zero attached hydrogens (tertiary/aromatic N) is 2. The molecule has 0 saturated carbocycles. The van der Waals surface area contributed by atoms with Gasteiger partial charge in [-0.3, -0.25) is 5.32 Å². The molecule has 0 aliphatic carbocycles. The van der Waals surface area contributed by atoms with Gasteiger partial charge in [0.05, 0.1) is 6.07 Å². The molecule has 92 valence electrons. The largest absolute Gasteiger partial charge is 0.306 e. The SMILES string of the molecule is CN1CCC(C(C)(C)CNC(C)(C)C#N)C1. The summed E-state index contributed by atoms with van der Waals surface area (Å²) in [5.41, 5.74) is -0.152. The average Bonchev–Trinajstić information content (AvgIpc) is 2.63. The van der Waals surface area contributed by atoms with Crippen molar-refractivity contribution in [2.45, 2.75) is 39.7 Å². The Kier molecular flexibility index (Phi) is 3.98. The van der Waals surface area contributed by atoms with Crippen LogP contribution in [0.1, 0.15) is 34.1 Å². The third-order valence-corrected chi connectivity index (χ3v) is 3.76. The van der Waals surface area contributed by atoms with Crippen LogP contribution in [0.2, 0.25) is 0 Å². The summed E-state index contributed by atoms with van der Waals surface area (Å²) in [6.45, 7) is 11.8. The van der Waals surface area contributed by atoms with Gasteiger partial charge in [-0.2, -0.15) is 5.26 Å². The normalized spacial score (nSPS) is 23.4. The zero-order valence-electron chi connectivity index (χ0n) is 11.3. The number of hydrogen-bond donors (Lipinski definition) is 1. The van der Waals surface area contributed by atoms with Gasteiger partial charge in [-0.15, -0.1) is 0 Å². The molecule has 0 aromatic heterocycles. The summed E-state index contributed by atoms with van der Waals surface area (Å²) < 4.78 is 0. The highest BCUT2D eigenvalue weighted by molar-refractivity contribution is 5.01. The van der Waals surface area contributed by atoms with E-state index in [0.717, 1.165) is 12.5 Å². The maximum Gasteiger partial charge on any atom is 0.101 e. The van der Waals surface area contributed by atoms with Crippen LogP contribution in [0, 0.1) is 22.7 Å². The Hall–Kier alpha value is -0.590. The van der Waals surface area contributed by atoms with Crippen molar-refractivity contribution in [3.63, 3.8) is 0 Å². The second-order valence-electron chi connectivity index (χ2n) is 6.33. The van der Waals surface area contributed by atoms with Gasteiger partial charge in [-0.1, -0.05) is 13.8 Å². The second kappa shape index (κ2) is 4.73. The molecule has 1 atom stereocenters. The highest BCUT2D eigenvalue weighted by Gasteiger charge is 2.34. The summed E-state index contributed by atoms with van der Waals surface area (Å²) >= 11 is 0. The molecular formula is C13H25N3. The van der Waals surface area contributed by atoms with Crippen LogP contribution in [0.15, 0.2) is 0 Å². The first-order valence-corrected chi connectivity index (χ1v) is 6.12. The van der Waals surface area contributed by atoms with E-state index in [1.165, 1.54) is 19.5 Å². The first-order chi connectivity index (χ1) is 7.27. The summed E-state index contributed by atoms with van der Waals surface area (Å²) in [5.74, 6) is 0.736. The smallest absolute Gasteiger partial charge is 0.101 e. The molecule has 1 rings (SSSR count). The molecule has 0 bridgehead atoms. The van der Waals surface area contributed by atoms with Gasteiger partial charge in [0.2, 0.25) is 0 Å². The highest BCUT2D eigenvalue weighted by atomic mass is 15.1. The lowest BCUT2D eigenvalue weighted by Gasteiger charge is -2.34. The van der Waals surface area contributed by atoms with E-state index in [9.17, 15) is 0 Å². The molecule has 1 N–H and O–H groups in total. The van der Waals surface area contributed by atoms with Crippen molar-refractivity contribution < 1.29 is 0 Å². The first-order valence-electron chi connectivity index (χ1n) is 6.12. The molecule has 3 nitrogen and oxygen atoms in total. The highest BCUT2D eigenvalue weighted by Crippen LogP contribution is 2.33. The van der Waals surface area contributed by atoms with E-state index < -0.39 is 5.54 Å². The minimum absolute atomic E-state index is 0.263. The summed E-state index contributed by atoms with van der Waals surface area (Å²) in [5, 5.41) is 12.3. The molecule has 1 saturated heterocycles. The predicted molar refractivity (Wildman–Crippen MR) is 67.1 cm³/mol. The van der Waals surface area contributed by atoms with Gasteiger partial charge in [0.1, 0.15) is 5.54 Å². The van der Waals surface area contributed by atoms with Crippen molar-refractivity contribution in [2.75, 3.05) is 26.7 Å². The molecule has 3 heteroatoms. The summed E-state index contributed by atoms with van der Waals surface area (Å²) in [6, 6.07) is 2.29. The van der Waals surface area contributed by atoms with Crippen LogP contribution < -0.4 is 5.32 Å². The third kappa shape index (κ3) is 3.47. The molecule has 0 amide bonds. The van der Waals surface area contributed by atoms with Crippen LogP contribution >= 0.6 is 0 Å². The van der Waals surface area contributed by atoms with Gasteiger partial charge in [-0.05, 0) is 45.2 Å². The van der Waals surface area contributed by atoms with Crippen LogP contribution in [0.5, 0.6) is 0 Å². The third-order valence-electron chi connectivity index (χ3n) is 3.76. The second-order valence-corrected chi connectivity index (χ2v) is 6.33. The van der Waals surface area contributed by atoms with Gasteiger partial charge in [0.15, 0.2) is 0 Å². The van der Waals surface area contributed by atoms with E-state index in [0.29, 0.717) is 0 Å². The van der Waals surface area contributed by atoms with Gasteiger partial charge in [-0.25, -0.2) is 0 Å². The molecule has 0 spiro atoms. The quantitative estimate of drug-likeness (QED) is 0.790. The maximum atomic E-state index is 8.98. The molecule has 0 aromatic carbocycles. The van der Waals surface area contributed by atoms with Gasteiger partial charge in [0.25, 0.3) is 0 Å². The fourth-order valence-electron chi connectivity index (χ4n) is 2.21. The van der Waals surface area contributed by atoms with Crippen LogP contribution in [0.4, 0.5) is 0 Å². The molecule has 1 fully saturated rings. The number of likely N-dealkylation sites (tertiary alicyclic amines) is 1. The fraction of sp³-hybridized carbons (Fsp3) is 0.923. The Morgan fingerprint density at radius 1 is 1.38 bits per heavy atom. The molecule has 1 heterocycles. The van der Waals surface area contributed by atoms with E-state index in [1.807, 2.05) is 13.8 Å². The Bertz CT molecular complexity index is 275. The van der Waals surface area contributed by atoms with E-state index in [4.69, 9.17) is 5.26 Å². The molecule has 1 aliphatic heterocycles. The average molecular weight is 223 g/mol. The van der Waals surface area contributed by atoms with Crippen molar-refractivity contribution in [1.82, 2.24) is 10.2 Å². The van der Waals surface area contributed by atoms with Crippen molar-refractivity contribution in [3.05, 3.63) is 0 Å². The van der Waals surface area contributed by atoms with Crippen LogP contribution in [-0.4, -0.2) is 37.1 Å². The fourth-order valence-corrected chi connectivity index (χ4v) is 2.21. The van der Waals surface area contributed by atoms with E-state index >= 15 is 0 Å². The minimum atomic E-state index is -0.415. The zero-order chi connectivity index (χ0) is 12.4. The maximum absolute atomic E-state index is 8.98. The number of nitrogens with one attached hydrogen (secondary N) is 1. The summed E-state index contributed by atoms with van der Waals surface area (Å²) in [7, 11) is 2.18. The zero-order valence-corrected chi connectivity index (χ0v) is 11.3. The summed E-state index contributed by atoms with van der Waals surface area (Å²) in [4.78, 5) is 2.39. The molecule has 1 unspecified atom stereocenters. The number of hydrogen-bond acceptors (Lipinski definition) is 3. The minimum Gasteiger partial charge on any atom is -0.306 e. The molecule has 0 aromatic rings. The standard InChI is InChI=1S/C13H25N3/c1-12(2,10-15-13(3,4)9-14)11-6-7-16(5)8-11/h11,15H,6-8,10H2,1-5H3. The molecule has 1 aliphatic rings. The first kappa shape index (κ1) is 13.5. The van der Waals surface area contributed by atoms with Gasteiger partial charge >= 0.3 is 0 Å². The van der Waals surface area contributed by atoms with Gasteiger partial charge in [0, 0.05) is 13.1 Å². The van der Waals surface area contributed by atoms with Crippen molar-refractivity contribution in [2.24, 2.45) is 11.3 Å². The van der Waals surface area contributed by atoms with Crippen LogP contribution in [-0.2, 0) is 0 Å². The number of rotatable bonds is 4. The van der Waals surface area contributed by atoms with Gasteiger partial charge < -0.3 is 4.90 Å². The van der Waals surface area contributed by atoms with Crippen molar-refractivity contribution in [1.29, 1.82) is 5.26 Å². The summed E-state index contributed by atoms with van der Waals surface area (Å²) in [6.07, 6.45) is 1.28. The lowest BCUT2D eigenvalue weighted by molar-refractivity contribution is 0.195. The lowest BCUT2D eigenvalue weighted by Crippen LogP contribution is -2.45. The van der Waals surface area contributed by atoms with E-state index in [2.05, 4.69) is 37.2 Å². The Morgan fingerprint density at radius 3 is 2.44 bits per heavy atom.